The minimum Gasteiger partial charge on any atom is -0.481 e. The van der Waals surface area contributed by atoms with E-state index in [0.29, 0.717) is 0 Å². The summed E-state index contributed by atoms with van der Waals surface area (Å²) in [6, 6.07) is 9.95. The number of methoxy groups -OCH3 is 1. The third-order valence-electron chi connectivity index (χ3n) is 2.19. The van der Waals surface area contributed by atoms with E-state index in [1.807, 2.05) is 37.4 Å². The molecule has 0 radical (unpaired) electrons. The van der Waals surface area contributed by atoms with Crippen molar-refractivity contribution in [2.24, 2.45) is 7.05 Å². The molecule has 2 rings (SSSR count). The van der Waals surface area contributed by atoms with Gasteiger partial charge >= 0.3 is 0 Å². The number of benzene rings is 1. The summed E-state index contributed by atoms with van der Waals surface area (Å²) in [5.41, 5.74) is 2.00. The number of aryl methyl sites for hydroxylation is 1. The van der Waals surface area contributed by atoms with Crippen molar-refractivity contribution in [2.45, 2.75) is 0 Å². The van der Waals surface area contributed by atoms with E-state index in [0.717, 1.165) is 21.6 Å². The Morgan fingerprint density at radius 3 is 2.47 bits per heavy atom. The van der Waals surface area contributed by atoms with E-state index in [-0.39, 0.29) is 0 Å². The monoisotopic (exact) mass is 266 g/mol. The number of ether oxygens (including phenoxy) is 1. The molecule has 4 heteroatoms. The Bertz CT molecular complexity index is 462. The van der Waals surface area contributed by atoms with Gasteiger partial charge in [0.05, 0.1) is 12.8 Å². The molecular formula is C11H11BrN2O. The van der Waals surface area contributed by atoms with E-state index in [1.165, 1.54) is 0 Å². The van der Waals surface area contributed by atoms with Crippen LogP contribution in [0.1, 0.15) is 0 Å². The topological polar surface area (TPSA) is 27.1 Å². The summed E-state index contributed by atoms with van der Waals surface area (Å²) in [5.74, 6) is 0.757. The summed E-state index contributed by atoms with van der Waals surface area (Å²) in [7, 11) is 3.50. The molecule has 3 nitrogen and oxygen atoms in total. The Morgan fingerprint density at radius 1 is 1.27 bits per heavy atom. The molecule has 1 aromatic heterocycles. The van der Waals surface area contributed by atoms with Crippen LogP contribution in [0.25, 0.3) is 11.3 Å². The maximum Gasteiger partial charge on any atom is 0.211 e. The fourth-order valence-electron chi connectivity index (χ4n) is 1.40. The van der Waals surface area contributed by atoms with Crippen molar-refractivity contribution in [1.82, 2.24) is 9.78 Å². The summed E-state index contributed by atoms with van der Waals surface area (Å²) in [5, 5.41) is 4.36. The van der Waals surface area contributed by atoms with Crippen LogP contribution >= 0.6 is 15.9 Å². The van der Waals surface area contributed by atoms with Gasteiger partial charge in [-0.1, -0.05) is 28.1 Å². The molecule has 1 heterocycles. The van der Waals surface area contributed by atoms with E-state index < -0.39 is 0 Å². The average molecular weight is 267 g/mol. The van der Waals surface area contributed by atoms with Gasteiger partial charge in [0.2, 0.25) is 5.88 Å². The molecular weight excluding hydrogens is 256 g/mol. The Morgan fingerprint density at radius 2 is 1.93 bits per heavy atom. The second kappa shape index (κ2) is 4.06. The molecule has 0 fully saturated rings. The summed E-state index contributed by atoms with van der Waals surface area (Å²) in [6.45, 7) is 0. The molecule has 2 aromatic rings. The second-order valence-electron chi connectivity index (χ2n) is 3.20. The fourth-order valence-corrected chi connectivity index (χ4v) is 1.67. The third-order valence-corrected chi connectivity index (χ3v) is 2.71. The van der Waals surface area contributed by atoms with Crippen LogP contribution in [-0.2, 0) is 7.05 Å². The fraction of sp³-hybridized carbons (Fsp3) is 0.182. The van der Waals surface area contributed by atoms with Crippen LogP contribution in [-0.4, -0.2) is 16.9 Å². The van der Waals surface area contributed by atoms with Gasteiger partial charge < -0.3 is 4.74 Å². The highest BCUT2D eigenvalue weighted by molar-refractivity contribution is 9.10. The zero-order valence-corrected chi connectivity index (χ0v) is 10.2. The molecule has 0 aliphatic heterocycles. The van der Waals surface area contributed by atoms with Gasteiger partial charge in [-0.05, 0) is 12.1 Å². The molecule has 0 aliphatic carbocycles. The first-order valence-electron chi connectivity index (χ1n) is 4.54. The molecule has 0 aliphatic rings. The SMILES string of the molecule is COc1cc(-c2ccc(Br)cc2)nn1C. The van der Waals surface area contributed by atoms with Crippen LogP contribution in [0.2, 0.25) is 0 Å². The van der Waals surface area contributed by atoms with Gasteiger partial charge in [-0.2, -0.15) is 5.10 Å². The summed E-state index contributed by atoms with van der Waals surface area (Å²) < 4.78 is 7.95. The van der Waals surface area contributed by atoms with Crippen molar-refractivity contribution in [3.8, 4) is 17.1 Å². The third kappa shape index (κ3) is 2.04. The minimum atomic E-state index is 0.757. The molecule has 15 heavy (non-hydrogen) atoms. The number of halogens is 1. The van der Waals surface area contributed by atoms with E-state index in [4.69, 9.17) is 4.74 Å². The van der Waals surface area contributed by atoms with E-state index in [9.17, 15) is 0 Å². The van der Waals surface area contributed by atoms with Gasteiger partial charge in [0.1, 0.15) is 0 Å². The number of hydrogen-bond acceptors (Lipinski definition) is 2. The smallest absolute Gasteiger partial charge is 0.211 e. The first kappa shape index (κ1) is 10.2. The highest BCUT2D eigenvalue weighted by atomic mass is 79.9. The normalized spacial score (nSPS) is 10.3. The van der Waals surface area contributed by atoms with Gasteiger partial charge in [0, 0.05) is 23.2 Å². The standard InChI is InChI=1S/C11H11BrN2O/c1-14-11(15-2)7-10(13-14)8-3-5-9(12)6-4-8/h3-7H,1-2H3. The minimum absolute atomic E-state index is 0.757. The van der Waals surface area contributed by atoms with Crippen LogP contribution in [0.15, 0.2) is 34.8 Å². The zero-order valence-electron chi connectivity index (χ0n) is 8.57. The summed E-state index contributed by atoms with van der Waals surface area (Å²) in [4.78, 5) is 0. The quantitative estimate of drug-likeness (QED) is 0.836. The van der Waals surface area contributed by atoms with Crippen molar-refractivity contribution in [1.29, 1.82) is 0 Å². The molecule has 0 N–H and O–H groups in total. The Kier molecular flexibility index (Phi) is 2.77. The number of aromatic nitrogens is 2. The first-order chi connectivity index (χ1) is 7.20. The van der Waals surface area contributed by atoms with Crippen molar-refractivity contribution < 1.29 is 4.74 Å². The van der Waals surface area contributed by atoms with Crippen molar-refractivity contribution in [2.75, 3.05) is 7.11 Å². The number of hydrogen-bond donors (Lipinski definition) is 0. The van der Waals surface area contributed by atoms with E-state index >= 15 is 0 Å². The van der Waals surface area contributed by atoms with E-state index in [2.05, 4.69) is 21.0 Å². The van der Waals surface area contributed by atoms with Crippen LogP contribution < -0.4 is 4.74 Å². The van der Waals surface area contributed by atoms with Crippen LogP contribution in [0, 0.1) is 0 Å². The number of rotatable bonds is 2. The second-order valence-corrected chi connectivity index (χ2v) is 4.12. The van der Waals surface area contributed by atoms with Gasteiger partial charge in [-0.3, -0.25) is 0 Å². The lowest BCUT2D eigenvalue weighted by Gasteiger charge is -1.95. The Hall–Kier alpha value is -1.29. The van der Waals surface area contributed by atoms with Gasteiger partial charge in [0.25, 0.3) is 0 Å². The maximum absolute atomic E-state index is 5.16. The molecule has 0 atom stereocenters. The molecule has 0 spiro atoms. The van der Waals surface area contributed by atoms with Gasteiger partial charge in [-0.25, -0.2) is 4.68 Å². The molecule has 0 amide bonds. The lowest BCUT2D eigenvalue weighted by atomic mass is 10.2. The Balaban J connectivity index is 2.41. The first-order valence-corrected chi connectivity index (χ1v) is 5.34. The van der Waals surface area contributed by atoms with E-state index in [1.54, 1.807) is 11.8 Å². The van der Waals surface area contributed by atoms with Crippen LogP contribution in [0.4, 0.5) is 0 Å². The zero-order chi connectivity index (χ0) is 10.8. The lowest BCUT2D eigenvalue weighted by Crippen LogP contribution is -1.94. The largest absolute Gasteiger partial charge is 0.481 e. The van der Waals surface area contributed by atoms with Gasteiger partial charge in [0.15, 0.2) is 0 Å². The number of nitrogens with zero attached hydrogens (tertiary/aromatic N) is 2. The predicted molar refractivity (Wildman–Crippen MR) is 62.9 cm³/mol. The van der Waals surface area contributed by atoms with Crippen molar-refractivity contribution in [3.63, 3.8) is 0 Å². The van der Waals surface area contributed by atoms with Crippen molar-refractivity contribution in [3.05, 3.63) is 34.8 Å². The molecule has 0 saturated heterocycles. The maximum atomic E-state index is 5.16. The summed E-state index contributed by atoms with van der Waals surface area (Å²) >= 11 is 3.40. The summed E-state index contributed by atoms with van der Waals surface area (Å²) in [6.07, 6.45) is 0. The van der Waals surface area contributed by atoms with Crippen LogP contribution in [0.3, 0.4) is 0 Å². The predicted octanol–water partition coefficient (Wildman–Crippen LogP) is 2.86. The molecule has 0 saturated carbocycles. The molecule has 0 bridgehead atoms. The van der Waals surface area contributed by atoms with Crippen molar-refractivity contribution >= 4 is 15.9 Å². The highest BCUT2D eigenvalue weighted by Gasteiger charge is 2.06. The average Bonchev–Trinajstić information content (AvgIpc) is 2.61. The van der Waals surface area contributed by atoms with Gasteiger partial charge in [-0.15, -0.1) is 0 Å². The molecule has 0 unspecified atom stereocenters. The molecule has 78 valence electrons. The lowest BCUT2D eigenvalue weighted by molar-refractivity contribution is 0.373. The van der Waals surface area contributed by atoms with Crippen LogP contribution in [0.5, 0.6) is 5.88 Å². The highest BCUT2D eigenvalue weighted by Crippen LogP contribution is 2.23. The Labute approximate surface area is 96.8 Å². The molecule has 1 aromatic carbocycles.